The summed E-state index contributed by atoms with van der Waals surface area (Å²) < 4.78 is 0.893. The summed E-state index contributed by atoms with van der Waals surface area (Å²) in [6, 6.07) is 0. The highest BCUT2D eigenvalue weighted by Crippen LogP contribution is 1.94. The zero-order valence-corrected chi connectivity index (χ0v) is 7.30. The largest absolute Gasteiger partial charge is 0.330 e. The lowest BCUT2D eigenvalue weighted by atomic mass is 10.3. The monoisotopic (exact) mass is 143 g/mol. The maximum absolute atomic E-state index is 5.34. The molecule has 2 N–H and O–H groups in total. The molecule has 0 rings (SSSR count). The third kappa shape index (κ3) is 7.66. The summed E-state index contributed by atoms with van der Waals surface area (Å²) in [7, 11) is 6.41. The number of nitrogens with two attached hydrogens (primary N) is 1. The van der Waals surface area contributed by atoms with Crippen LogP contribution in [0.5, 0.6) is 0 Å². The Morgan fingerprint density at radius 2 is 1.90 bits per heavy atom. The van der Waals surface area contributed by atoms with Crippen LogP contribution in [0.3, 0.4) is 0 Å². The molecule has 2 nitrogen and oxygen atoms in total. The third-order valence-electron chi connectivity index (χ3n) is 1.13. The van der Waals surface area contributed by atoms with Gasteiger partial charge >= 0.3 is 0 Å². The van der Waals surface area contributed by atoms with Crippen molar-refractivity contribution in [2.24, 2.45) is 5.73 Å². The first-order valence-electron chi connectivity index (χ1n) is 3.75. The molecule has 0 heterocycles. The summed E-state index contributed by atoms with van der Waals surface area (Å²) >= 11 is 0. The molecule has 0 aromatic heterocycles. The van der Waals surface area contributed by atoms with Crippen LogP contribution in [0, 0.1) is 0 Å². The van der Waals surface area contributed by atoms with Crippen molar-refractivity contribution < 1.29 is 4.48 Å². The molecule has 0 spiro atoms. The predicted molar refractivity (Wildman–Crippen MR) is 45.5 cm³/mol. The third-order valence-corrected chi connectivity index (χ3v) is 1.13. The quantitative estimate of drug-likeness (QED) is 0.460. The van der Waals surface area contributed by atoms with Gasteiger partial charge in [0.25, 0.3) is 0 Å². The van der Waals surface area contributed by atoms with Crippen molar-refractivity contribution in [1.29, 1.82) is 0 Å². The molecule has 2 heteroatoms. The van der Waals surface area contributed by atoms with Crippen molar-refractivity contribution in [3.05, 3.63) is 12.3 Å². The Morgan fingerprint density at radius 3 is 2.30 bits per heavy atom. The smallest absolute Gasteiger partial charge is 0.0911 e. The van der Waals surface area contributed by atoms with Gasteiger partial charge in [0.1, 0.15) is 0 Å². The van der Waals surface area contributed by atoms with E-state index in [0.717, 1.165) is 23.9 Å². The van der Waals surface area contributed by atoms with Crippen molar-refractivity contribution in [1.82, 2.24) is 0 Å². The van der Waals surface area contributed by atoms with Gasteiger partial charge in [-0.1, -0.05) is 0 Å². The van der Waals surface area contributed by atoms with Crippen LogP contribution >= 0.6 is 0 Å². The van der Waals surface area contributed by atoms with Crippen molar-refractivity contribution >= 4 is 0 Å². The lowest BCUT2D eigenvalue weighted by Crippen LogP contribution is -2.26. The van der Waals surface area contributed by atoms with E-state index in [-0.39, 0.29) is 0 Å². The lowest BCUT2D eigenvalue weighted by Gasteiger charge is -2.17. The Labute approximate surface area is 63.9 Å². The zero-order chi connectivity index (χ0) is 8.04. The van der Waals surface area contributed by atoms with Gasteiger partial charge in [0.2, 0.25) is 0 Å². The number of hydrogen-bond acceptors (Lipinski definition) is 1. The highest BCUT2D eigenvalue weighted by atomic mass is 15.3. The molecule has 0 radical (unpaired) electrons. The summed E-state index contributed by atoms with van der Waals surface area (Å²) in [5.74, 6) is 0. The van der Waals surface area contributed by atoms with Gasteiger partial charge in [-0.2, -0.15) is 0 Å². The average molecular weight is 143 g/mol. The van der Waals surface area contributed by atoms with Crippen LogP contribution in [-0.4, -0.2) is 32.2 Å². The van der Waals surface area contributed by atoms with Gasteiger partial charge in [0.05, 0.1) is 27.3 Å². The molecule has 10 heavy (non-hydrogen) atoms. The molecule has 0 amide bonds. The maximum atomic E-state index is 5.34. The molecule has 0 bridgehead atoms. The van der Waals surface area contributed by atoms with E-state index in [4.69, 9.17) is 5.73 Å². The second kappa shape index (κ2) is 4.47. The number of unbranched alkanes of at least 4 members (excludes halogenated alkanes) is 1. The summed E-state index contributed by atoms with van der Waals surface area (Å²) in [6.45, 7) is 0.793. The Balaban J connectivity index is 3.37. The Morgan fingerprint density at radius 1 is 1.30 bits per heavy atom. The molecule has 0 aromatic carbocycles. The van der Waals surface area contributed by atoms with Crippen molar-refractivity contribution in [2.75, 3.05) is 27.7 Å². The van der Waals surface area contributed by atoms with Crippen LogP contribution < -0.4 is 5.73 Å². The van der Waals surface area contributed by atoms with Gasteiger partial charge in [0.15, 0.2) is 0 Å². The van der Waals surface area contributed by atoms with Gasteiger partial charge in [-0.15, -0.1) is 0 Å². The van der Waals surface area contributed by atoms with Crippen LogP contribution in [0.25, 0.3) is 0 Å². The molecule has 0 aliphatic carbocycles. The molecular weight excluding hydrogens is 124 g/mol. The van der Waals surface area contributed by atoms with Crippen LogP contribution in [0.15, 0.2) is 12.3 Å². The fraction of sp³-hybridized carbons (Fsp3) is 0.750. The first-order valence-corrected chi connectivity index (χ1v) is 3.75. The van der Waals surface area contributed by atoms with Gasteiger partial charge in [-0.05, 0) is 25.5 Å². The van der Waals surface area contributed by atoms with E-state index in [1.807, 2.05) is 0 Å². The summed E-state index contributed by atoms with van der Waals surface area (Å²) in [6.07, 6.45) is 6.56. The molecule has 0 fully saturated rings. The molecule has 0 unspecified atom stereocenters. The maximum Gasteiger partial charge on any atom is 0.0911 e. The van der Waals surface area contributed by atoms with E-state index in [9.17, 15) is 0 Å². The van der Waals surface area contributed by atoms with Crippen molar-refractivity contribution in [3.8, 4) is 0 Å². The number of quaternary nitrogens is 1. The molecule has 0 aliphatic heterocycles. The SMILES string of the molecule is C[N+](C)(C)/C=C/CCCN. The van der Waals surface area contributed by atoms with E-state index in [2.05, 4.69) is 33.4 Å². The fourth-order valence-corrected chi connectivity index (χ4v) is 0.626. The van der Waals surface area contributed by atoms with Gasteiger partial charge in [-0.3, -0.25) is 0 Å². The Hall–Kier alpha value is -0.340. The average Bonchev–Trinajstić information content (AvgIpc) is 1.78. The Kier molecular flexibility index (Phi) is 4.32. The molecular formula is C8H19N2+. The number of hydrogen-bond donors (Lipinski definition) is 1. The van der Waals surface area contributed by atoms with Crippen LogP contribution in [-0.2, 0) is 0 Å². The van der Waals surface area contributed by atoms with Gasteiger partial charge in [0, 0.05) is 0 Å². The van der Waals surface area contributed by atoms with E-state index < -0.39 is 0 Å². The molecule has 0 aliphatic rings. The summed E-state index contributed by atoms with van der Waals surface area (Å²) in [5, 5.41) is 0. The standard InChI is InChI=1S/C8H19N2/c1-10(2,3)8-6-4-5-7-9/h6,8H,4-5,7,9H2,1-3H3/q+1/b8-6+. The normalized spacial score (nSPS) is 12.8. The van der Waals surface area contributed by atoms with Gasteiger partial charge < -0.3 is 10.2 Å². The fourth-order valence-electron chi connectivity index (χ4n) is 0.626. The minimum atomic E-state index is 0.793. The molecule has 60 valence electrons. The predicted octanol–water partition coefficient (Wildman–Crippen LogP) is 0.945. The van der Waals surface area contributed by atoms with E-state index in [0.29, 0.717) is 0 Å². The van der Waals surface area contributed by atoms with Crippen LogP contribution in [0.4, 0.5) is 0 Å². The minimum Gasteiger partial charge on any atom is -0.330 e. The molecule has 0 saturated carbocycles. The molecule has 0 saturated heterocycles. The van der Waals surface area contributed by atoms with E-state index in [1.165, 1.54) is 0 Å². The Bertz CT molecular complexity index is 100. The zero-order valence-electron chi connectivity index (χ0n) is 7.30. The first-order chi connectivity index (χ1) is 4.56. The van der Waals surface area contributed by atoms with E-state index >= 15 is 0 Å². The second-order valence-corrected chi connectivity index (χ2v) is 3.43. The second-order valence-electron chi connectivity index (χ2n) is 3.43. The van der Waals surface area contributed by atoms with Crippen molar-refractivity contribution in [3.63, 3.8) is 0 Å². The highest BCUT2D eigenvalue weighted by molar-refractivity contribution is 4.72. The number of allylic oxidation sites excluding steroid dienone is 1. The summed E-state index contributed by atoms with van der Waals surface area (Å²) in [5.41, 5.74) is 5.34. The number of nitrogens with zero attached hydrogens (tertiary/aromatic N) is 1. The molecule has 0 atom stereocenters. The first kappa shape index (κ1) is 9.66. The topological polar surface area (TPSA) is 26.0 Å². The van der Waals surface area contributed by atoms with Gasteiger partial charge in [-0.25, -0.2) is 0 Å². The summed E-state index contributed by atoms with van der Waals surface area (Å²) in [4.78, 5) is 0. The van der Waals surface area contributed by atoms with Crippen LogP contribution in [0.2, 0.25) is 0 Å². The number of rotatable bonds is 4. The van der Waals surface area contributed by atoms with Crippen molar-refractivity contribution in [2.45, 2.75) is 12.8 Å². The highest BCUT2D eigenvalue weighted by Gasteiger charge is 1.97. The lowest BCUT2D eigenvalue weighted by molar-refractivity contribution is -0.817. The minimum absolute atomic E-state index is 0.793. The molecule has 0 aromatic rings. The van der Waals surface area contributed by atoms with Crippen LogP contribution in [0.1, 0.15) is 12.8 Å². The van der Waals surface area contributed by atoms with E-state index in [1.54, 1.807) is 0 Å².